The molecular formula is C23H17ClFNO4S. The van der Waals surface area contributed by atoms with Crippen LogP contribution in [0.4, 0.5) is 4.39 Å². The number of sulfone groups is 1. The van der Waals surface area contributed by atoms with Gasteiger partial charge in [-0.25, -0.2) is 12.8 Å². The number of methoxy groups -OCH3 is 1. The number of allylic oxidation sites excluding steroid dienone is 1. The molecule has 3 aromatic carbocycles. The van der Waals surface area contributed by atoms with Crippen molar-refractivity contribution >= 4 is 27.5 Å². The number of ether oxygens (including phenoxy) is 2. The van der Waals surface area contributed by atoms with Crippen LogP contribution in [0.3, 0.4) is 0 Å². The molecule has 0 aromatic heterocycles. The monoisotopic (exact) mass is 457 g/mol. The van der Waals surface area contributed by atoms with Crippen LogP contribution in [0.2, 0.25) is 5.02 Å². The minimum Gasteiger partial charge on any atom is -0.493 e. The third-order valence-electron chi connectivity index (χ3n) is 4.36. The molecule has 0 bridgehead atoms. The molecule has 0 radical (unpaired) electrons. The molecule has 0 heterocycles. The lowest BCUT2D eigenvalue weighted by Crippen LogP contribution is -2.04. The molecule has 0 N–H and O–H groups in total. The number of hydrogen-bond acceptors (Lipinski definition) is 5. The normalized spacial score (nSPS) is 11.6. The zero-order valence-corrected chi connectivity index (χ0v) is 18.0. The fourth-order valence-corrected chi connectivity index (χ4v) is 4.18. The van der Waals surface area contributed by atoms with Crippen LogP contribution in [-0.2, 0) is 16.4 Å². The highest BCUT2D eigenvalue weighted by atomic mass is 35.5. The van der Waals surface area contributed by atoms with Crippen LogP contribution in [0, 0.1) is 17.1 Å². The quantitative estimate of drug-likeness (QED) is 0.443. The molecule has 3 rings (SSSR count). The summed E-state index contributed by atoms with van der Waals surface area (Å²) in [5.41, 5.74) is 0.856. The van der Waals surface area contributed by atoms with Crippen molar-refractivity contribution in [3.63, 3.8) is 0 Å². The van der Waals surface area contributed by atoms with Crippen molar-refractivity contribution in [3.05, 3.63) is 93.6 Å². The Labute approximate surface area is 184 Å². The van der Waals surface area contributed by atoms with Crippen LogP contribution in [0.15, 0.2) is 76.5 Å². The Balaban J connectivity index is 2.02. The van der Waals surface area contributed by atoms with Gasteiger partial charge in [-0.2, -0.15) is 5.26 Å². The average Bonchev–Trinajstić information content (AvgIpc) is 2.77. The lowest BCUT2D eigenvalue weighted by atomic mass is 10.1. The Morgan fingerprint density at radius 3 is 2.52 bits per heavy atom. The van der Waals surface area contributed by atoms with E-state index in [4.69, 9.17) is 21.1 Å². The van der Waals surface area contributed by atoms with Crippen LogP contribution in [-0.4, -0.2) is 15.5 Å². The molecule has 158 valence electrons. The summed E-state index contributed by atoms with van der Waals surface area (Å²) in [6, 6.07) is 18.2. The second kappa shape index (κ2) is 9.65. The number of halogens is 2. The van der Waals surface area contributed by atoms with Gasteiger partial charge in [-0.1, -0.05) is 48.0 Å². The summed E-state index contributed by atoms with van der Waals surface area (Å²) in [6.07, 6.45) is 1.23. The predicted molar refractivity (Wildman–Crippen MR) is 116 cm³/mol. The molecule has 0 spiro atoms. The molecular weight excluding hydrogens is 441 g/mol. The van der Waals surface area contributed by atoms with Gasteiger partial charge in [-0.05, 0) is 36.4 Å². The summed E-state index contributed by atoms with van der Waals surface area (Å²) in [7, 11) is -2.59. The molecule has 8 heteroatoms. The van der Waals surface area contributed by atoms with Crippen LogP contribution in [0.5, 0.6) is 11.5 Å². The first-order chi connectivity index (χ1) is 14.9. The highest BCUT2D eigenvalue weighted by Crippen LogP contribution is 2.35. The zero-order chi connectivity index (χ0) is 22.4. The predicted octanol–water partition coefficient (Wildman–Crippen LogP) is 5.41. The van der Waals surface area contributed by atoms with Gasteiger partial charge in [0, 0.05) is 11.1 Å². The van der Waals surface area contributed by atoms with Crippen molar-refractivity contribution in [1.29, 1.82) is 5.26 Å². The highest BCUT2D eigenvalue weighted by molar-refractivity contribution is 7.95. The standard InChI is InChI=1S/C23H17ClFNO4S/c1-29-22-9-5-6-16(23(22)30-15-17-10-11-18(25)13-21(17)24)12-20(14-26)31(27,28)19-7-3-2-4-8-19/h2-13H,15H2,1H3. The number of hydrogen-bond donors (Lipinski definition) is 0. The van der Waals surface area contributed by atoms with Gasteiger partial charge in [-0.3, -0.25) is 0 Å². The number of benzene rings is 3. The molecule has 31 heavy (non-hydrogen) atoms. The Kier molecular flexibility index (Phi) is 6.95. The Morgan fingerprint density at radius 1 is 1.13 bits per heavy atom. The van der Waals surface area contributed by atoms with Gasteiger partial charge in [-0.15, -0.1) is 0 Å². The first-order valence-electron chi connectivity index (χ1n) is 9.02. The van der Waals surface area contributed by atoms with Crippen molar-refractivity contribution in [2.75, 3.05) is 7.11 Å². The van der Waals surface area contributed by atoms with Gasteiger partial charge in [0.1, 0.15) is 23.4 Å². The number of rotatable bonds is 7. The first-order valence-corrected chi connectivity index (χ1v) is 10.9. The summed E-state index contributed by atoms with van der Waals surface area (Å²) in [5, 5.41) is 9.74. The Bertz CT molecular complexity index is 1270. The van der Waals surface area contributed by atoms with Crippen molar-refractivity contribution in [1.82, 2.24) is 0 Å². The van der Waals surface area contributed by atoms with E-state index in [0.717, 1.165) is 0 Å². The van der Waals surface area contributed by atoms with E-state index in [9.17, 15) is 18.1 Å². The van der Waals surface area contributed by atoms with Gasteiger partial charge in [0.25, 0.3) is 0 Å². The van der Waals surface area contributed by atoms with E-state index in [2.05, 4.69) is 0 Å². The molecule has 3 aromatic rings. The topological polar surface area (TPSA) is 76.4 Å². The molecule has 0 amide bonds. The van der Waals surface area contributed by atoms with Gasteiger partial charge >= 0.3 is 0 Å². The van der Waals surface area contributed by atoms with Gasteiger partial charge in [0.2, 0.25) is 9.84 Å². The molecule has 0 saturated heterocycles. The number of nitrogens with zero attached hydrogens (tertiary/aromatic N) is 1. The van der Waals surface area contributed by atoms with E-state index >= 15 is 0 Å². The molecule has 0 fully saturated rings. The van der Waals surface area contributed by atoms with Crippen molar-refractivity contribution in [3.8, 4) is 17.6 Å². The number of nitriles is 1. The maximum absolute atomic E-state index is 13.3. The van der Waals surface area contributed by atoms with Crippen LogP contribution in [0.1, 0.15) is 11.1 Å². The van der Waals surface area contributed by atoms with Crippen molar-refractivity contribution < 1.29 is 22.3 Å². The zero-order valence-electron chi connectivity index (χ0n) is 16.4. The van der Waals surface area contributed by atoms with E-state index in [1.165, 1.54) is 43.5 Å². The fraction of sp³-hybridized carbons (Fsp3) is 0.0870. The van der Waals surface area contributed by atoms with Crippen LogP contribution >= 0.6 is 11.6 Å². The molecule has 0 atom stereocenters. The smallest absolute Gasteiger partial charge is 0.216 e. The van der Waals surface area contributed by atoms with Crippen molar-refractivity contribution in [2.24, 2.45) is 0 Å². The first kappa shape index (κ1) is 22.3. The molecule has 5 nitrogen and oxygen atoms in total. The highest BCUT2D eigenvalue weighted by Gasteiger charge is 2.22. The van der Waals surface area contributed by atoms with E-state index in [1.807, 2.05) is 0 Å². The van der Waals surface area contributed by atoms with Gasteiger partial charge in [0.15, 0.2) is 11.5 Å². The Hall–Kier alpha value is -3.34. The maximum Gasteiger partial charge on any atom is 0.216 e. The second-order valence-electron chi connectivity index (χ2n) is 6.34. The summed E-state index contributed by atoms with van der Waals surface area (Å²) in [5.74, 6) is 0.0854. The molecule has 0 unspecified atom stereocenters. The van der Waals surface area contributed by atoms with E-state index in [1.54, 1.807) is 42.5 Å². The van der Waals surface area contributed by atoms with Gasteiger partial charge < -0.3 is 9.47 Å². The lowest BCUT2D eigenvalue weighted by Gasteiger charge is -2.14. The Morgan fingerprint density at radius 2 is 1.87 bits per heavy atom. The van der Waals surface area contributed by atoms with E-state index in [0.29, 0.717) is 16.9 Å². The fourth-order valence-electron chi connectivity index (χ4n) is 2.79. The summed E-state index contributed by atoms with van der Waals surface area (Å²) in [4.78, 5) is -0.442. The minimum absolute atomic E-state index is 0.00579. The third kappa shape index (κ3) is 5.05. The minimum atomic E-state index is -4.02. The number of para-hydroxylation sites is 1. The lowest BCUT2D eigenvalue weighted by molar-refractivity contribution is 0.284. The van der Waals surface area contributed by atoms with Crippen LogP contribution < -0.4 is 9.47 Å². The molecule has 0 aliphatic carbocycles. The molecule has 0 saturated carbocycles. The summed E-state index contributed by atoms with van der Waals surface area (Å²) < 4.78 is 50.2. The van der Waals surface area contributed by atoms with Gasteiger partial charge in [0.05, 0.1) is 17.0 Å². The largest absolute Gasteiger partial charge is 0.493 e. The summed E-state index contributed by atoms with van der Waals surface area (Å²) >= 11 is 6.06. The van der Waals surface area contributed by atoms with Crippen LogP contribution in [0.25, 0.3) is 6.08 Å². The van der Waals surface area contributed by atoms with Crippen molar-refractivity contribution in [2.45, 2.75) is 11.5 Å². The SMILES string of the molecule is COc1cccc(C=C(C#N)S(=O)(=O)c2ccccc2)c1OCc1ccc(F)cc1Cl. The maximum atomic E-state index is 13.3. The summed E-state index contributed by atoms with van der Waals surface area (Å²) in [6.45, 7) is -0.0202. The van der Waals surface area contributed by atoms with E-state index < -0.39 is 20.6 Å². The molecule has 0 aliphatic heterocycles. The average molecular weight is 458 g/mol. The third-order valence-corrected chi connectivity index (χ3v) is 6.39. The molecule has 0 aliphatic rings. The second-order valence-corrected chi connectivity index (χ2v) is 8.67. The van der Waals surface area contributed by atoms with E-state index in [-0.39, 0.29) is 22.3 Å².